The zero-order valence-corrected chi connectivity index (χ0v) is 11.8. The second-order valence-corrected chi connectivity index (χ2v) is 5.11. The van der Waals surface area contributed by atoms with Crippen molar-refractivity contribution in [2.45, 2.75) is 32.1 Å². The number of nitriles is 1. The Kier molecular flexibility index (Phi) is 4.41. The number of amides is 2. The Bertz CT molecular complexity index is 571. The summed E-state index contributed by atoms with van der Waals surface area (Å²) >= 11 is 0. The van der Waals surface area contributed by atoms with Crippen molar-refractivity contribution in [2.24, 2.45) is 0 Å². The molecule has 112 valence electrons. The predicted octanol–water partition coefficient (Wildman–Crippen LogP) is 3.38. The van der Waals surface area contributed by atoms with Crippen LogP contribution in [0.3, 0.4) is 0 Å². The van der Waals surface area contributed by atoms with Crippen LogP contribution in [0.1, 0.15) is 30.9 Å². The van der Waals surface area contributed by atoms with Crippen LogP contribution in [-0.4, -0.2) is 29.9 Å². The smallest absolute Gasteiger partial charge is 0.321 e. The van der Waals surface area contributed by atoms with Crippen molar-refractivity contribution in [1.82, 2.24) is 4.90 Å². The molecule has 2 rings (SSSR count). The van der Waals surface area contributed by atoms with E-state index in [1.54, 1.807) is 18.2 Å². The standard InChI is InChI=1S/C15H17F2N3O/c1-2-12-9-11(10-18)3-4-13(12)19-14(21)20-7-5-15(16,17)6-8-20/h3-4,9H,2,5-8H2,1H3,(H,19,21). The maximum atomic E-state index is 13.1. The lowest BCUT2D eigenvalue weighted by atomic mass is 10.1. The first-order valence-electron chi connectivity index (χ1n) is 6.92. The number of hydrogen-bond donors (Lipinski definition) is 1. The highest BCUT2D eigenvalue weighted by molar-refractivity contribution is 5.90. The van der Waals surface area contributed by atoms with E-state index in [-0.39, 0.29) is 32.0 Å². The Morgan fingerprint density at radius 1 is 1.43 bits per heavy atom. The normalized spacial score (nSPS) is 17.1. The first-order valence-corrected chi connectivity index (χ1v) is 6.92. The van der Waals surface area contributed by atoms with Gasteiger partial charge in [0.15, 0.2) is 0 Å². The molecule has 1 aliphatic rings. The third kappa shape index (κ3) is 3.69. The summed E-state index contributed by atoms with van der Waals surface area (Å²) in [5.41, 5.74) is 2.01. The molecule has 0 bridgehead atoms. The number of rotatable bonds is 2. The number of nitrogens with one attached hydrogen (secondary N) is 1. The average molecular weight is 293 g/mol. The summed E-state index contributed by atoms with van der Waals surface area (Å²) in [6, 6.07) is 6.70. The van der Waals surface area contributed by atoms with E-state index in [0.29, 0.717) is 17.7 Å². The summed E-state index contributed by atoms with van der Waals surface area (Å²) in [5.74, 6) is -2.67. The molecule has 1 aromatic rings. The number of carbonyl (C=O) groups excluding carboxylic acids is 1. The second kappa shape index (κ2) is 6.08. The fourth-order valence-electron chi connectivity index (χ4n) is 2.31. The summed E-state index contributed by atoms with van der Waals surface area (Å²) in [6.07, 6.45) is 0.0755. The molecule has 4 nitrogen and oxygen atoms in total. The molecule has 0 unspecified atom stereocenters. The largest absolute Gasteiger partial charge is 0.324 e. The van der Waals surface area contributed by atoms with Gasteiger partial charge in [-0.1, -0.05) is 6.92 Å². The number of nitrogens with zero attached hydrogens (tertiary/aromatic N) is 2. The molecule has 0 aromatic heterocycles. The highest BCUT2D eigenvalue weighted by Gasteiger charge is 2.35. The van der Waals surface area contributed by atoms with Crippen LogP contribution in [0.2, 0.25) is 0 Å². The van der Waals surface area contributed by atoms with E-state index in [0.717, 1.165) is 5.56 Å². The lowest BCUT2D eigenvalue weighted by Crippen LogP contribution is -2.44. The highest BCUT2D eigenvalue weighted by Crippen LogP contribution is 2.28. The fourth-order valence-corrected chi connectivity index (χ4v) is 2.31. The van der Waals surface area contributed by atoms with Gasteiger partial charge in [0, 0.05) is 31.6 Å². The van der Waals surface area contributed by atoms with E-state index >= 15 is 0 Å². The molecule has 6 heteroatoms. The maximum absolute atomic E-state index is 13.1. The Labute approximate surface area is 122 Å². The number of anilines is 1. The van der Waals surface area contributed by atoms with E-state index < -0.39 is 5.92 Å². The second-order valence-electron chi connectivity index (χ2n) is 5.11. The van der Waals surface area contributed by atoms with E-state index in [1.807, 2.05) is 13.0 Å². The molecule has 1 N–H and O–H groups in total. The van der Waals surface area contributed by atoms with Crippen molar-refractivity contribution in [1.29, 1.82) is 5.26 Å². The third-order valence-corrected chi connectivity index (χ3v) is 3.64. The topological polar surface area (TPSA) is 56.1 Å². The van der Waals surface area contributed by atoms with Crippen molar-refractivity contribution in [3.05, 3.63) is 29.3 Å². The van der Waals surface area contributed by atoms with Gasteiger partial charge in [0.1, 0.15) is 0 Å². The van der Waals surface area contributed by atoms with Gasteiger partial charge in [0.05, 0.1) is 11.6 Å². The van der Waals surface area contributed by atoms with Crippen molar-refractivity contribution in [3.8, 4) is 6.07 Å². The molecule has 2 amide bonds. The number of hydrogen-bond acceptors (Lipinski definition) is 2. The van der Waals surface area contributed by atoms with Crippen LogP contribution in [-0.2, 0) is 6.42 Å². The molecule has 1 heterocycles. The summed E-state index contributed by atoms with van der Waals surface area (Å²) in [5, 5.41) is 11.6. The first-order chi connectivity index (χ1) is 9.95. The molecule has 21 heavy (non-hydrogen) atoms. The van der Waals surface area contributed by atoms with Gasteiger partial charge < -0.3 is 10.2 Å². The van der Waals surface area contributed by atoms with Crippen LogP contribution < -0.4 is 5.32 Å². The Balaban J connectivity index is 2.05. The number of alkyl halides is 2. The number of piperidine rings is 1. The van der Waals surface area contributed by atoms with Crippen LogP contribution >= 0.6 is 0 Å². The monoisotopic (exact) mass is 293 g/mol. The van der Waals surface area contributed by atoms with E-state index in [1.165, 1.54) is 4.90 Å². The summed E-state index contributed by atoms with van der Waals surface area (Å²) < 4.78 is 26.2. The molecule has 0 atom stereocenters. The van der Waals surface area contributed by atoms with E-state index in [2.05, 4.69) is 5.32 Å². The minimum Gasteiger partial charge on any atom is -0.324 e. The number of aryl methyl sites for hydroxylation is 1. The number of carbonyl (C=O) groups is 1. The summed E-state index contributed by atoms with van der Waals surface area (Å²) in [4.78, 5) is 13.5. The predicted molar refractivity (Wildman–Crippen MR) is 75.3 cm³/mol. The van der Waals surface area contributed by atoms with Gasteiger partial charge in [-0.05, 0) is 30.2 Å². The SMILES string of the molecule is CCc1cc(C#N)ccc1NC(=O)N1CCC(F)(F)CC1. The van der Waals surface area contributed by atoms with Crippen LogP contribution in [0.25, 0.3) is 0 Å². The van der Waals surface area contributed by atoms with Crippen molar-refractivity contribution in [2.75, 3.05) is 18.4 Å². The van der Waals surface area contributed by atoms with Crippen LogP contribution in [0.15, 0.2) is 18.2 Å². The molecule has 1 saturated heterocycles. The number of likely N-dealkylation sites (tertiary alicyclic amines) is 1. The third-order valence-electron chi connectivity index (χ3n) is 3.64. The molecule has 0 aliphatic carbocycles. The van der Waals surface area contributed by atoms with Gasteiger partial charge in [-0.25, -0.2) is 13.6 Å². The quantitative estimate of drug-likeness (QED) is 0.908. The zero-order chi connectivity index (χ0) is 15.5. The molecule has 0 saturated carbocycles. The van der Waals surface area contributed by atoms with Crippen LogP contribution in [0.5, 0.6) is 0 Å². The van der Waals surface area contributed by atoms with Crippen LogP contribution in [0, 0.1) is 11.3 Å². The Hall–Kier alpha value is -2.16. The molecule has 0 spiro atoms. The van der Waals surface area contributed by atoms with Gasteiger partial charge in [0.25, 0.3) is 5.92 Å². The van der Waals surface area contributed by atoms with Gasteiger partial charge in [-0.2, -0.15) is 5.26 Å². The molecular weight excluding hydrogens is 276 g/mol. The highest BCUT2D eigenvalue weighted by atomic mass is 19.3. The lowest BCUT2D eigenvalue weighted by Gasteiger charge is -2.31. The number of urea groups is 1. The van der Waals surface area contributed by atoms with Crippen molar-refractivity contribution >= 4 is 11.7 Å². The average Bonchev–Trinajstić information content (AvgIpc) is 2.47. The van der Waals surface area contributed by atoms with Gasteiger partial charge >= 0.3 is 6.03 Å². The lowest BCUT2D eigenvalue weighted by molar-refractivity contribution is -0.0461. The van der Waals surface area contributed by atoms with Gasteiger partial charge in [-0.15, -0.1) is 0 Å². The van der Waals surface area contributed by atoms with E-state index in [9.17, 15) is 13.6 Å². The van der Waals surface area contributed by atoms with Gasteiger partial charge in [0.2, 0.25) is 0 Å². The maximum Gasteiger partial charge on any atom is 0.321 e. The summed E-state index contributed by atoms with van der Waals surface area (Å²) in [6.45, 7) is 2.03. The summed E-state index contributed by atoms with van der Waals surface area (Å²) in [7, 11) is 0. The molecule has 1 fully saturated rings. The Morgan fingerprint density at radius 3 is 2.67 bits per heavy atom. The zero-order valence-electron chi connectivity index (χ0n) is 11.8. The molecular formula is C15H17F2N3O. The molecule has 0 radical (unpaired) electrons. The van der Waals surface area contributed by atoms with Crippen molar-refractivity contribution in [3.63, 3.8) is 0 Å². The molecule has 1 aliphatic heterocycles. The number of benzene rings is 1. The van der Waals surface area contributed by atoms with Crippen molar-refractivity contribution < 1.29 is 13.6 Å². The van der Waals surface area contributed by atoms with Crippen LogP contribution in [0.4, 0.5) is 19.3 Å². The number of halogens is 2. The minimum atomic E-state index is -2.67. The Morgan fingerprint density at radius 2 is 2.10 bits per heavy atom. The van der Waals surface area contributed by atoms with Gasteiger partial charge in [-0.3, -0.25) is 0 Å². The minimum absolute atomic E-state index is 0.0522. The fraction of sp³-hybridized carbons (Fsp3) is 0.467. The van der Waals surface area contributed by atoms with E-state index in [4.69, 9.17) is 5.26 Å². The molecule has 1 aromatic carbocycles. The first kappa shape index (κ1) is 15.2.